The highest BCUT2D eigenvalue weighted by atomic mass is 16.7. The highest BCUT2D eigenvalue weighted by molar-refractivity contribution is 5.21. The van der Waals surface area contributed by atoms with E-state index >= 15 is 0 Å². The fourth-order valence-corrected chi connectivity index (χ4v) is 13.5. The van der Waals surface area contributed by atoms with Gasteiger partial charge in [0, 0.05) is 6.42 Å². The Balaban J connectivity index is 1.14. The zero-order valence-electron chi connectivity index (χ0n) is 27.5. The first-order valence-corrected chi connectivity index (χ1v) is 17.5. The Morgan fingerprint density at radius 1 is 0.786 bits per heavy atom. The molecule has 0 amide bonds. The standard InChI is InChI=1S/C36H60O6/c1-31(2)14-16-36-17-15-34(6)21(28(36)30(31)40-20-36)8-9-25-33(5)12-11-26(32(3,4)24(33)10-13-35(25,34)7)42-27-18-22(38)29(39)23(19-37)41-27/h21-30,37-39H,8-20H2,1-7H3/t21-,22-,23-,24+,25-,26+,27-,28+,29+,30-,33+,34-,35-,36-/m1/s1. The topological polar surface area (TPSA) is 88.4 Å². The molecule has 5 aliphatic carbocycles. The first-order chi connectivity index (χ1) is 19.6. The average Bonchev–Trinajstić information content (AvgIpc) is 3.26. The lowest BCUT2D eigenvalue weighted by Gasteiger charge is -2.73. The molecule has 2 aliphatic heterocycles. The Morgan fingerprint density at radius 3 is 2.26 bits per heavy atom. The molecule has 0 unspecified atom stereocenters. The van der Waals surface area contributed by atoms with Crippen molar-refractivity contribution >= 4 is 0 Å². The van der Waals surface area contributed by atoms with E-state index in [1.165, 1.54) is 57.8 Å². The van der Waals surface area contributed by atoms with E-state index in [2.05, 4.69) is 48.5 Å². The van der Waals surface area contributed by atoms with Crippen LogP contribution in [0.4, 0.5) is 0 Å². The molecule has 0 aromatic rings. The van der Waals surface area contributed by atoms with Crippen LogP contribution in [0.15, 0.2) is 0 Å². The van der Waals surface area contributed by atoms with E-state index in [4.69, 9.17) is 14.2 Å². The van der Waals surface area contributed by atoms with Crippen LogP contribution < -0.4 is 0 Å². The van der Waals surface area contributed by atoms with E-state index in [0.717, 1.165) is 30.8 Å². The van der Waals surface area contributed by atoms with E-state index in [9.17, 15) is 15.3 Å². The van der Waals surface area contributed by atoms with E-state index < -0.39 is 24.6 Å². The van der Waals surface area contributed by atoms with Crippen molar-refractivity contribution in [3.8, 4) is 0 Å². The van der Waals surface area contributed by atoms with Crippen LogP contribution >= 0.6 is 0 Å². The third kappa shape index (κ3) is 3.90. The van der Waals surface area contributed by atoms with Gasteiger partial charge in [-0.15, -0.1) is 0 Å². The normalized spacial score (nSPS) is 57.9. The molecule has 7 rings (SSSR count). The van der Waals surface area contributed by atoms with Crippen molar-refractivity contribution in [3.63, 3.8) is 0 Å². The lowest BCUT2D eigenvalue weighted by Crippen LogP contribution is -2.68. The first kappa shape index (κ1) is 30.4. The van der Waals surface area contributed by atoms with Crippen molar-refractivity contribution in [2.75, 3.05) is 13.2 Å². The number of aliphatic hydroxyl groups excluding tert-OH is 3. The maximum absolute atomic E-state index is 10.4. The van der Waals surface area contributed by atoms with Crippen LogP contribution in [0.25, 0.3) is 0 Å². The quantitative estimate of drug-likeness (QED) is 0.346. The summed E-state index contributed by atoms with van der Waals surface area (Å²) in [4.78, 5) is 0. The lowest BCUT2D eigenvalue weighted by atomic mass is 9.31. The fraction of sp³-hybridized carbons (Fsp3) is 1.00. The molecular weight excluding hydrogens is 528 g/mol. The summed E-state index contributed by atoms with van der Waals surface area (Å²) in [5.41, 5.74) is 1.68. The second-order valence-corrected chi connectivity index (χ2v) is 18.3. The van der Waals surface area contributed by atoms with Gasteiger partial charge in [0.2, 0.25) is 0 Å². The highest BCUT2D eigenvalue weighted by Crippen LogP contribution is 2.78. The molecule has 2 bridgehead atoms. The van der Waals surface area contributed by atoms with Gasteiger partial charge in [0.05, 0.1) is 31.5 Å². The third-order valence-corrected chi connectivity index (χ3v) is 16.1. The van der Waals surface area contributed by atoms with E-state index in [-0.39, 0.29) is 30.0 Å². The summed E-state index contributed by atoms with van der Waals surface area (Å²) < 4.78 is 19.3. The van der Waals surface area contributed by atoms with Gasteiger partial charge in [0.25, 0.3) is 0 Å². The highest BCUT2D eigenvalue weighted by Gasteiger charge is 2.73. The van der Waals surface area contributed by atoms with Crippen molar-refractivity contribution in [2.24, 2.45) is 56.2 Å². The molecule has 6 nitrogen and oxygen atoms in total. The Bertz CT molecular complexity index is 1060. The van der Waals surface area contributed by atoms with Gasteiger partial charge in [0.15, 0.2) is 6.29 Å². The van der Waals surface area contributed by atoms with Gasteiger partial charge in [-0.2, -0.15) is 0 Å². The fourth-order valence-electron chi connectivity index (χ4n) is 13.5. The monoisotopic (exact) mass is 588 g/mol. The largest absolute Gasteiger partial charge is 0.394 e. The number of hydrogen-bond acceptors (Lipinski definition) is 6. The first-order valence-electron chi connectivity index (χ1n) is 17.5. The SMILES string of the molecule is CC1(C)CC[C@]23CC[C@]4(C)[C@H](CC[C@@H]5[C@@]6(C)CC[C@H](O[C@@H]7C[C@@H](O)[C@H](O)[C@@H](CO)O7)C(C)(C)[C@@H]6CC[C@]54C)[C@H]2[C@H]1OC3. The molecule has 6 heteroatoms. The number of rotatable bonds is 3. The third-order valence-electron chi connectivity index (χ3n) is 16.1. The van der Waals surface area contributed by atoms with Gasteiger partial charge in [0.1, 0.15) is 12.2 Å². The maximum Gasteiger partial charge on any atom is 0.161 e. The van der Waals surface area contributed by atoms with Gasteiger partial charge < -0.3 is 29.5 Å². The molecule has 3 N–H and O–H groups in total. The van der Waals surface area contributed by atoms with Crippen LogP contribution in [0.1, 0.15) is 119 Å². The summed E-state index contributed by atoms with van der Waals surface area (Å²) in [6, 6.07) is 0. The molecule has 7 aliphatic rings. The molecule has 0 aromatic heterocycles. The Morgan fingerprint density at radius 2 is 1.52 bits per heavy atom. The molecular formula is C36H60O6. The maximum atomic E-state index is 10.4. The molecule has 7 fully saturated rings. The minimum atomic E-state index is -1.07. The summed E-state index contributed by atoms with van der Waals surface area (Å²) >= 11 is 0. The van der Waals surface area contributed by atoms with Gasteiger partial charge >= 0.3 is 0 Å². The molecule has 5 saturated carbocycles. The number of fused-ring (bicyclic) bond motifs is 5. The number of ether oxygens (including phenoxy) is 3. The van der Waals surface area contributed by atoms with Crippen molar-refractivity contribution in [1.82, 2.24) is 0 Å². The molecule has 14 atom stereocenters. The second kappa shape index (κ2) is 9.64. The van der Waals surface area contributed by atoms with Crippen LogP contribution in [0.5, 0.6) is 0 Å². The van der Waals surface area contributed by atoms with Crippen molar-refractivity contribution in [3.05, 3.63) is 0 Å². The van der Waals surface area contributed by atoms with Crippen LogP contribution in [0, 0.1) is 56.2 Å². The summed E-state index contributed by atoms with van der Waals surface area (Å²) in [5, 5.41) is 30.3. The minimum Gasteiger partial charge on any atom is -0.394 e. The molecule has 0 radical (unpaired) electrons. The number of aliphatic hydroxyl groups is 3. The van der Waals surface area contributed by atoms with Gasteiger partial charge in [-0.25, -0.2) is 0 Å². The second-order valence-electron chi connectivity index (χ2n) is 18.3. The summed E-state index contributed by atoms with van der Waals surface area (Å²) in [6.07, 6.45) is 10.1. The van der Waals surface area contributed by atoms with E-state index in [1.807, 2.05) is 0 Å². The lowest BCUT2D eigenvalue weighted by molar-refractivity contribution is -0.302. The summed E-state index contributed by atoms with van der Waals surface area (Å²) in [5.74, 6) is 2.79. The van der Waals surface area contributed by atoms with Crippen molar-refractivity contribution in [2.45, 2.75) is 156 Å². The molecule has 0 aromatic carbocycles. The predicted molar refractivity (Wildman–Crippen MR) is 161 cm³/mol. The van der Waals surface area contributed by atoms with Crippen molar-refractivity contribution in [1.29, 1.82) is 0 Å². The Labute approximate surface area is 254 Å². The van der Waals surface area contributed by atoms with E-state index in [0.29, 0.717) is 33.7 Å². The van der Waals surface area contributed by atoms with Crippen LogP contribution in [-0.4, -0.2) is 65.3 Å². The minimum absolute atomic E-state index is 0.0257. The Hall–Kier alpha value is -0.240. The number of hydrogen-bond donors (Lipinski definition) is 3. The molecule has 2 saturated heterocycles. The Kier molecular flexibility index (Phi) is 6.98. The smallest absolute Gasteiger partial charge is 0.161 e. The van der Waals surface area contributed by atoms with Crippen LogP contribution in [0.3, 0.4) is 0 Å². The predicted octanol–water partition coefficient (Wildman–Crippen LogP) is 6.09. The summed E-state index contributed by atoms with van der Waals surface area (Å²) in [6.45, 7) is 18.5. The average molecular weight is 589 g/mol. The van der Waals surface area contributed by atoms with Crippen molar-refractivity contribution < 1.29 is 29.5 Å². The molecule has 240 valence electrons. The zero-order chi connectivity index (χ0) is 30.1. The zero-order valence-corrected chi connectivity index (χ0v) is 27.5. The van der Waals surface area contributed by atoms with Crippen LogP contribution in [0.2, 0.25) is 0 Å². The van der Waals surface area contributed by atoms with Gasteiger partial charge in [-0.3, -0.25) is 0 Å². The van der Waals surface area contributed by atoms with Crippen LogP contribution in [-0.2, 0) is 14.2 Å². The van der Waals surface area contributed by atoms with Gasteiger partial charge in [-0.1, -0.05) is 48.5 Å². The summed E-state index contributed by atoms with van der Waals surface area (Å²) in [7, 11) is 0. The molecule has 0 spiro atoms. The molecule has 2 heterocycles. The van der Waals surface area contributed by atoms with Gasteiger partial charge in [-0.05, 0) is 120 Å². The van der Waals surface area contributed by atoms with E-state index in [1.54, 1.807) is 0 Å². The molecule has 42 heavy (non-hydrogen) atoms.